The number of ether oxygens (including phenoxy) is 3. The molecule has 1 unspecified atom stereocenters. The molecule has 0 bridgehead atoms. The van der Waals surface area contributed by atoms with Crippen molar-refractivity contribution in [1.82, 2.24) is 5.32 Å². The van der Waals surface area contributed by atoms with Crippen LogP contribution < -0.4 is 19.5 Å². The SMILES string of the molecule is COc1cccc(OC2CCC(NC(=O)C(O)C(C)C)CC2)c1OC. The van der Waals surface area contributed by atoms with Gasteiger partial charge in [0.05, 0.1) is 20.3 Å². The fraction of sp³-hybridized carbons (Fsp3) is 0.632. The van der Waals surface area contributed by atoms with E-state index in [1.54, 1.807) is 14.2 Å². The summed E-state index contributed by atoms with van der Waals surface area (Å²) in [6.07, 6.45) is 2.45. The maximum Gasteiger partial charge on any atom is 0.249 e. The lowest BCUT2D eigenvalue weighted by molar-refractivity contribution is -0.132. The van der Waals surface area contributed by atoms with Crippen molar-refractivity contribution in [2.45, 2.75) is 57.8 Å². The molecule has 25 heavy (non-hydrogen) atoms. The minimum atomic E-state index is -0.949. The average molecular weight is 351 g/mol. The van der Waals surface area contributed by atoms with Crippen LogP contribution in [0.4, 0.5) is 0 Å². The molecule has 2 rings (SSSR count). The van der Waals surface area contributed by atoms with Gasteiger partial charge in [-0.2, -0.15) is 0 Å². The van der Waals surface area contributed by atoms with E-state index in [0.717, 1.165) is 25.7 Å². The molecular weight excluding hydrogens is 322 g/mol. The Morgan fingerprint density at radius 3 is 2.32 bits per heavy atom. The van der Waals surface area contributed by atoms with Gasteiger partial charge >= 0.3 is 0 Å². The summed E-state index contributed by atoms with van der Waals surface area (Å²) in [5, 5.41) is 12.8. The normalized spacial score (nSPS) is 21.5. The van der Waals surface area contributed by atoms with E-state index in [1.165, 1.54) is 0 Å². The highest BCUT2D eigenvalue weighted by atomic mass is 16.5. The third kappa shape index (κ3) is 5.01. The third-order valence-electron chi connectivity index (χ3n) is 4.58. The molecule has 1 aromatic rings. The van der Waals surface area contributed by atoms with Gasteiger partial charge < -0.3 is 24.6 Å². The van der Waals surface area contributed by atoms with Gasteiger partial charge in [0, 0.05) is 6.04 Å². The number of aliphatic hydroxyl groups is 1. The van der Waals surface area contributed by atoms with Crippen LogP contribution in [0.3, 0.4) is 0 Å². The van der Waals surface area contributed by atoms with Crippen LogP contribution in [-0.4, -0.2) is 43.5 Å². The van der Waals surface area contributed by atoms with E-state index in [0.29, 0.717) is 17.2 Å². The largest absolute Gasteiger partial charge is 0.493 e. The molecule has 1 amide bonds. The first-order valence-electron chi connectivity index (χ1n) is 8.82. The molecule has 0 saturated heterocycles. The van der Waals surface area contributed by atoms with Crippen molar-refractivity contribution < 1.29 is 24.1 Å². The Morgan fingerprint density at radius 1 is 1.12 bits per heavy atom. The van der Waals surface area contributed by atoms with Gasteiger partial charge in [-0.3, -0.25) is 4.79 Å². The highest BCUT2D eigenvalue weighted by molar-refractivity contribution is 5.81. The van der Waals surface area contributed by atoms with Crippen LogP contribution in [0.25, 0.3) is 0 Å². The van der Waals surface area contributed by atoms with Crippen LogP contribution in [0.1, 0.15) is 39.5 Å². The fourth-order valence-corrected chi connectivity index (χ4v) is 3.04. The van der Waals surface area contributed by atoms with E-state index >= 15 is 0 Å². The van der Waals surface area contributed by atoms with E-state index in [1.807, 2.05) is 32.0 Å². The van der Waals surface area contributed by atoms with E-state index in [9.17, 15) is 9.90 Å². The number of carbonyl (C=O) groups excluding carboxylic acids is 1. The topological polar surface area (TPSA) is 77.0 Å². The molecule has 1 aliphatic rings. The highest BCUT2D eigenvalue weighted by Crippen LogP contribution is 2.38. The minimum Gasteiger partial charge on any atom is -0.493 e. The number of benzene rings is 1. The number of rotatable bonds is 7. The first kappa shape index (κ1) is 19.4. The molecule has 0 aromatic heterocycles. The number of amides is 1. The monoisotopic (exact) mass is 351 g/mol. The smallest absolute Gasteiger partial charge is 0.249 e. The van der Waals surface area contributed by atoms with Crippen molar-refractivity contribution in [3.05, 3.63) is 18.2 Å². The first-order chi connectivity index (χ1) is 12.0. The lowest BCUT2D eigenvalue weighted by Crippen LogP contribution is -2.45. The van der Waals surface area contributed by atoms with Crippen LogP contribution in [0.2, 0.25) is 0 Å². The summed E-state index contributed by atoms with van der Waals surface area (Å²) >= 11 is 0. The quantitative estimate of drug-likeness (QED) is 0.789. The number of nitrogens with one attached hydrogen (secondary N) is 1. The number of carbonyl (C=O) groups is 1. The molecule has 1 aromatic carbocycles. The van der Waals surface area contributed by atoms with Crippen LogP contribution in [0.15, 0.2) is 18.2 Å². The highest BCUT2D eigenvalue weighted by Gasteiger charge is 2.27. The van der Waals surface area contributed by atoms with Crippen molar-refractivity contribution >= 4 is 5.91 Å². The zero-order chi connectivity index (χ0) is 18.4. The molecule has 0 spiro atoms. The van der Waals surface area contributed by atoms with E-state index in [2.05, 4.69) is 5.32 Å². The summed E-state index contributed by atoms with van der Waals surface area (Å²) in [6.45, 7) is 3.66. The van der Waals surface area contributed by atoms with Gasteiger partial charge in [0.25, 0.3) is 0 Å². The van der Waals surface area contributed by atoms with E-state index in [-0.39, 0.29) is 24.0 Å². The Bertz CT molecular complexity index is 567. The lowest BCUT2D eigenvalue weighted by atomic mass is 9.92. The summed E-state index contributed by atoms with van der Waals surface area (Å²) in [6, 6.07) is 5.66. The van der Waals surface area contributed by atoms with Gasteiger partial charge in [-0.1, -0.05) is 19.9 Å². The third-order valence-corrected chi connectivity index (χ3v) is 4.58. The summed E-state index contributed by atoms with van der Waals surface area (Å²) in [7, 11) is 3.19. The molecular formula is C19H29NO5. The molecule has 0 aliphatic heterocycles. The predicted octanol–water partition coefficient (Wildman–Crippen LogP) is 2.53. The van der Waals surface area contributed by atoms with Crippen molar-refractivity contribution in [2.75, 3.05) is 14.2 Å². The van der Waals surface area contributed by atoms with Crippen LogP contribution in [0.5, 0.6) is 17.2 Å². The Kier molecular flexibility index (Phi) is 6.93. The Morgan fingerprint density at radius 2 is 1.76 bits per heavy atom. The van der Waals surface area contributed by atoms with Crippen molar-refractivity contribution in [3.8, 4) is 17.2 Å². The molecule has 2 N–H and O–H groups in total. The molecule has 1 atom stereocenters. The molecule has 1 fully saturated rings. The van der Waals surface area contributed by atoms with Crippen LogP contribution in [0, 0.1) is 5.92 Å². The maximum atomic E-state index is 12.0. The Balaban J connectivity index is 1.88. The second kappa shape index (κ2) is 8.94. The second-order valence-corrected chi connectivity index (χ2v) is 6.78. The number of hydrogen-bond donors (Lipinski definition) is 2. The van der Waals surface area contributed by atoms with Crippen molar-refractivity contribution in [1.29, 1.82) is 0 Å². The van der Waals surface area contributed by atoms with Crippen LogP contribution >= 0.6 is 0 Å². The fourth-order valence-electron chi connectivity index (χ4n) is 3.04. The number of aliphatic hydroxyl groups excluding tert-OH is 1. The second-order valence-electron chi connectivity index (χ2n) is 6.78. The average Bonchev–Trinajstić information content (AvgIpc) is 2.62. The molecule has 6 nitrogen and oxygen atoms in total. The first-order valence-corrected chi connectivity index (χ1v) is 8.82. The van der Waals surface area contributed by atoms with Gasteiger partial charge in [-0.25, -0.2) is 0 Å². The van der Waals surface area contributed by atoms with Crippen molar-refractivity contribution in [3.63, 3.8) is 0 Å². The number of methoxy groups -OCH3 is 2. The van der Waals surface area contributed by atoms with Gasteiger partial charge in [0.1, 0.15) is 6.10 Å². The predicted molar refractivity (Wildman–Crippen MR) is 95.2 cm³/mol. The maximum absolute atomic E-state index is 12.0. The zero-order valence-electron chi connectivity index (χ0n) is 15.5. The van der Waals surface area contributed by atoms with Crippen LogP contribution in [-0.2, 0) is 4.79 Å². The van der Waals surface area contributed by atoms with Gasteiger partial charge in [0.2, 0.25) is 11.7 Å². The summed E-state index contributed by atoms with van der Waals surface area (Å²) in [4.78, 5) is 12.0. The Labute approximate surface area is 149 Å². The molecule has 140 valence electrons. The van der Waals surface area contributed by atoms with Gasteiger partial charge in [-0.05, 0) is 43.7 Å². The zero-order valence-corrected chi connectivity index (χ0v) is 15.5. The number of para-hydroxylation sites is 1. The summed E-state index contributed by atoms with van der Waals surface area (Å²) in [5.41, 5.74) is 0. The van der Waals surface area contributed by atoms with E-state index < -0.39 is 6.10 Å². The standard InChI is InChI=1S/C19H29NO5/c1-12(2)17(21)19(22)20-13-8-10-14(11-9-13)25-16-7-5-6-15(23-3)18(16)24-4/h5-7,12-14,17,21H,8-11H2,1-4H3,(H,20,22). The molecule has 1 aliphatic carbocycles. The van der Waals surface area contributed by atoms with Crippen molar-refractivity contribution in [2.24, 2.45) is 5.92 Å². The molecule has 0 radical (unpaired) electrons. The Hall–Kier alpha value is -1.95. The molecule has 6 heteroatoms. The minimum absolute atomic E-state index is 0.0733. The van der Waals surface area contributed by atoms with Gasteiger partial charge in [0.15, 0.2) is 11.5 Å². The number of hydrogen-bond acceptors (Lipinski definition) is 5. The van der Waals surface area contributed by atoms with E-state index in [4.69, 9.17) is 14.2 Å². The lowest BCUT2D eigenvalue weighted by Gasteiger charge is -2.30. The summed E-state index contributed by atoms with van der Waals surface area (Å²) < 4.78 is 16.8. The summed E-state index contributed by atoms with van der Waals surface area (Å²) in [5.74, 6) is 1.54. The molecule has 0 heterocycles. The van der Waals surface area contributed by atoms with Gasteiger partial charge in [-0.15, -0.1) is 0 Å². The molecule has 1 saturated carbocycles.